The smallest absolute Gasteiger partial charge is 0.125 e. The van der Waals surface area contributed by atoms with E-state index in [4.69, 9.17) is 16.6 Å². The molecule has 0 N–H and O–H groups in total. The van der Waals surface area contributed by atoms with Gasteiger partial charge in [0.1, 0.15) is 5.82 Å². The summed E-state index contributed by atoms with van der Waals surface area (Å²) >= 11 is 6.12. The fourth-order valence-electron chi connectivity index (χ4n) is 3.48. The number of alkyl halides is 1. The van der Waals surface area contributed by atoms with Crippen molar-refractivity contribution in [2.45, 2.75) is 45.0 Å². The van der Waals surface area contributed by atoms with Gasteiger partial charge in [-0.1, -0.05) is 38.8 Å². The van der Waals surface area contributed by atoms with E-state index in [0.29, 0.717) is 17.8 Å². The van der Waals surface area contributed by atoms with Crippen LogP contribution in [0.4, 0.5) is 0 Å². The number of benzene rings is 1. The first kappa shape index (κ1) is 13.0. The van der Waals surface area contributed by atoms with Crippen molar-refractivity contribution in [3.05, 3.63) is 30.1 Å². The highest BCUT2D eigenvalue weighted by Crippen LogP contribution is 2.40. The van der Waals surface area contributed by atoms with Gasteiger partial charge in [-0.2, -0.15) is 0 Å². The van der Waals surface area contributed by atoms with Gasteiger partial charge in [0.15, 0.2) is 0 Å². The zero-order chi connectivity index (χ0) is 13.4. The van der Waals surface area contributed by atoms with Crippen molar-refractivity contribution < 1.29 is 0 Å². The molecule has 2 nitrogen and oxygen atoms in total. The summed E-state index contributed by atoms with van der Waals surface area (Å²) in [6.07, 6.45) is 3.90. The molecule has 1 fully saturated rings. The minimum Gasteiger partial charge on any atom is -0.324 e. The van der Waals surface area contributed by atoms with Crippen LogP contribution in [0.5, 0.6) is 0 Å². The van der Waals surface area contributed by atoms with Crippen LogP contribution < -0.4 is 0 Å². The summed E-state index contributed by atoms with van der Waals surface area (Å²) in [5, 5.41) is 0. The summed E-state index contributed by atoms with van der Waals surface area (Å²) in [6.45, 7) is 4.75. The van der Waals surface area contributed by atoms with E-state index in [1.54, 1.807) is 0 Å². The predicted molar refractivity (Wildman–Crippen MR) is 80.5 cm³/mol. The van der Waals surface area contributed by atoms with Crippen LogP contribution in [-0.2, 0) is 5.88 Å². The van der Waals surface area contributed by atoms with Crippen LogP contribution in [-0.4, -0.2) is 9.55 Å². The number of aromatic nitrogens is 2. The average Bonchev–Trinajstić information content (AvgIpc) is 2.80. The van der Waals surface area contributed by atoms with Crippen LogP contribution in [0.25, 0.3) is 11.0 Å². The average molecular weight is 277 g/mol. The molecule has 0 saturated heterocycles. The molecule has 1 aliphatic carbocycles. The lowest BCUT2D eigenvalue weighted by molar-refractivity contribution is 0.187. The number of fused-ring (bicyclic) bond motifs is 1. The molecule has 3 heteroatoms. The van der Waals surface area contributed by atoms with Gasteiger partial charge >= 0.3 is 0 Å². The second kappa shape index (κ2) is 5.16. The van der Waals surface area contributed by atoms with E-state index in [1.807, 2.05) is 6.07 Å². The van der Waals surface area contributed by atoms with Gasteiger partial charge in [-0.25, -0.2) is 4.98 Å². The highest BCUT2D eigenvalue weighted by Gasteiger charge is 2.30. The molecule has 1 heterocycles. The largest absolute Gasteiger partial charge is 0.324 e. The lowest BCUT2D eigenvalue weighted by Gasteiger charge is -2.36. The maximum absolute atomic E-state index is 6.12. The summed E-state index contributed by atoms with van der Waals surface area (Å²) in [4.78, 5) is 4.70. The van der Waals surface area contributed by atoms with Gasteiger partial charge < -0.3 is 4.57 Å². The fourth-order valence-corrected chi connectivity index (χ4v) is 3.67. The van der Waals surface area contributed by atoms with Crippen molar-refractivity contribution in [2.24, 2.45) is 11.8 Å². The van der Waals surface area contributed by atoms with Gasteiger partial charge in [-0.05, 0) is 30.4 Å². The first-order valence-corrected chi connectivity index (χ1v) is 7.77. The van der Waals surface area contributed by atoms with Crippen LogP contribution in [0.3, 0.4) is 0 Å². The van der Waals surface area contributed by atoms with E-state index in [1.165, 1.54) is 24.8 Å². The highest BCUT2D eigenvalue weighted by atomic mass is 35.5. The Morgan fingerprint density at radius 3 is 2.84 bits per heavy atom. The van der Waals surface area contributed by atoms with Crippen molar-refractivity contribution in [3.63, 3.8) is 0 Å². The molecular formula is C16H21ClN2. The number of hydrogen-bond donors (Lipinski definition) is 0. The van der Waals surface area contributed by atoms with Gasteiger partial charge in [0, 0.05) is 6.04 Å². The van der Waals surface area contributed by atoms with Gasteiger partial charge in [0.2, 0.25) is 0 Å². The summed E-state index contributed by atoms with van der Waals surface area (Å²) in [7, 11) is 0. The third-order valence-electron chi connectivity index (χ3n) is 4.78. The monoisotopic (exact) mass is 276 g/mol. The van der Waals surface area contributed by atoms with Crippen molar-refractivity contribution in [3.8, 4) is 0 Å². The number of nitrogens with zero attached hydrogens (tertiary/aromatic N) is 2. The van der Waals surface area contributed by atoms with E-state index < -0.39 is 0 Å². The topological polar surface area (TPSA) is 17.8 Å². The fraction of sp³-hybridized carbons (Fsp3) is 0.562. The van der Waals surface area contributed by atoms with Crippen LogP contribution in [0.2, 0.25) is 0 Å². The molecule has 1 saturated carbocycles. The van der Waals surface area contributed by atoms with Gasteiger partial charge in [-0.3, -0.25) is 0 Å². The number of halogens is 1. The maximum atomic E-state index is 6.12. The molecule has 3 atom stereocenters. The molecule has 1 aliphatic rings. The van der Waals surface area contributed by atoms with Crippen molar-refractivity contribution in [1.29, 1.82) is 0 Å². The summed E-state index contributed by atoms with van der Waals surface area (Å²) in [5.41, 5.74) is 2.31. The number of para-hydroxylation sites is 2. The third-order valence-corrected chi connectivity index (χ3v) is 5.02. The molecule has 3 rings (SSSR count). The van der Waals surface area contributed by atoms with E-state index in [0.717, 1.165) is 17.3 Å². The van der Waals surface area contributed by atoms with E-state index in [-0.39, 0.29) is 0 Å². The quantitative estimate of drug-likeness (QED) is 0.722. The van der Waals surface area contributed by atoms with E-state index in [9.17, 15) is 0 Å². The molecule has 2 aromatic rings. The lowest BCUT2D eigenvalue weighted by atomic mass is 9.78. The molecule has 1 aromatic carbocycles. The second-order valence-corrected chi connectivity index (χ2v) is 6.12. The first-order valence-electron chi connectivity index (χ1n) is 7.24. The Hall–Kier alpha value is -1.02. The molecule has 19 heavy (non-hydrogen) atoms. The standard InChI is InChI=1S/C16H21ClN2/c1-11-6-5-9-14(12(11)2)19-15-8-4-3-7-13(15)18-16(19)10-17/h3-4,7-8,11-12,14H,5-6,9-10H2,1-2H3. The Balaban J connectivity index is 2.12. The van der Waals surface area contributed by atoms with Crippen molar-refractivity contribution in [2.75, 3.05) is 0 Å². The van der Waals surface area contributed by atoms with Crippen LogP contribution in [0.15, 0.2) is 24.3 Å². The molecule has 0 aliphatic heterocycles. The van der Waals surface area contributed by atoms with Gasteiger partial charge in [0.25, 0.3) is 0 Å². The molecule has 0 radical (unpaired) electrons. The van der Waals surface area contributed by atoms with Crippen LogP contribution in [0, 0.1) is 11.8 Å². The zero-order valence-corrected chi connectivity index (χ0v) is 12.4. The zero-order valence-electron chi connectivity index (χ0n) is 11.6. The Morgan fingerprint density at radius 2 is 2.05 bits per heavy atom. The minimum absolute atomic E-state index is 0.492. The number of imidazole rings is 1. The molecule has 0 spiro atoms. The minimum atomic E-state index is 0.492. The molecule has 0 amide bonds. The second-order valence-electron chi connectivity index (χ2n) is 5.86. The van der Waals surface area contributed by atoms with Gasteiger partial charge in [-0.15, -0.1) is 11.6 Å². The van der Waals surface area contributed by atoms with Gasteiger partial charge in [0.05, 0.1) is 16.9 Å². The predicted octanol–water partition coefficient (Wildman–Crippen LogP) is 4.77. The Bertz CT molecular complexity index is 575. The van der Waals surface area contributed by atoms with E-state index in [2.05, 4.69) is 36.6 Å². The molecule has 102 valence electrons. The lowest BCUT2D eigenvalue weighted by Crippen LogP contribution is -2.27. The number of hydrogen-bond acceptors (Lipinski definition) is 1. The summed E-state index contributed by atoms with van der Waals surface area (Å²) in [6, 6.07) is 8.94. The maximum Gasteiger partial charge on any atom is 0.125 e. The SMILES string of the molecule is CC1CCCC(n2c(CCl)nc3ccccc32)C1C. The Morgan fingerprint density at radius 1 is 1.26 bits per heavy atom. The Labute approximate surface area is 119 Å². The summed E-state index contributed by atoms with van der Waals surface area (Å²) < 4.78 is 2.41. The van der Waals surface area contributed by atoms with Crippen LogP contribution in [0.1, 0.15) is 45.0 Å². The number of rotatable bonds is 2. The summed E-state index contributed by atoms with van der Waals surface area (Å²) in [5.74, 6) is 2.98. The molecule has 0 bridgehead atoms. The van der Waals surface area contributed by atoms with Crippen molar-refractivity contribution in [1.82, 2.24) is 9.55 Å². The molecular weight excluding hydrogens is 256 g/mol. The molecule has 3 unspecified atom stereocenters. The molecule has 1 aromatic heterocycles. The Kier molecular flexibility index (Phi) is 3.53. The first-order chi connectivity index (χ1) is 9.22. The van der Waals surface area contributed by atoms with Crippen molar-refractivity contribution >= 4 is 22.6 Å². The third kappa shape index (κ3) is 2.16. The normalized spacial score (nSPS) is 27.8. The highest BCUT2D eigenvalue weighted by molar-refractivity contribution is 6.16. The van der Waals surface area contributed by atoms with E-state index >= 15 is 0 Å². The van der Waals surface area contributed by atoms with Crippen LogP contribution >= 0.6 is 11.6 Å².